The second-order valence-electron chi connectivity index (χ2n) is 15.7. The highest BCUT2D eigenvalue weighted by Crippen LogP contribution is 2.37. The molecule has 0 heterocycles. The molecule has 1 fully saturated rings. The average Bonchev–Trinajstić information content (AvgIpc) is 2.71. The minimum absolute atomic E-state index is 0.000256. The normalized spacial score (nSPS) is 26.2. The Labute approximate surface area is 237 Å². The van der Waals surface area contributed by atoms with Crippen molar-refractivity contribution in [1.29, 1.82) is 0 Å². The number of carbonyl (C=O) groups is 1. The summed E-state index contributed by atoms with van der Waals surface area (Å²) in [6.45, 7) is 20.7. The molecule has 8 N–H and O–H groups in total. The first-order chi connectivity index (χ1) is 17.5. The van der Waals surface area contributed by atoms with Crippen molar-refractivity contribution in [2.24, 2.45) is 16.2 Å². The number of aliphatic hydroxyl groups is 5. The van der Waals surface area contributed by atoms with E-state index in [1.165, 1.54) is 0 Å². The maximum absolute atomic E-state index is 13.1. The summed E-state index contributed by atoms with van der Waals surface area (Å²) in [4.78, 5) is 13.1. The van der Waals surface area contributed by atoms with E-state index in [9.17, 15) is 30.3 Å². The number of carbonyl (C=O) groups excluding carboxylic acids is 1. The number of rotatable bonds is 11. The molecule has 2 amide bonds. The molecule has 0 spiro atoms. The predicted octanol–water partition coefficient (Wildman–Crippen LogP) is 3.06. The van der Waals surface area contributed by atoms with Gasteiger partial charge in [-0.25, -0.2) is 4.79 Å². The summed E-state index contributed by atoms with van der Waals surface area (Å²) in [5.41, 5.74) is -0.952. The summed E-state index contributed by atoms with van der Waals surface area (Å²) >= 11 is 0. The van der Waals surface area contributed by atoms with Crippen LogP contribution in [0.1, 0.15) is 114 Å². The molecule has 0 radical (unpaired) electrons. The summed E-state index contributed by atoms with van der Waals surface area (Å²) < 4.78 is 0. The summed E-state index contributed by atoms with van der Waals surface area (Å²) in [5.74, 6) is 0. The van der Waals surface area contributed by atoms with Gasteiger partial charge in [0.05, 0.1) is 30.5 Å². The number of amides is 2. The number of urea groups is 1. The van der Waals surface area contributed by atoms with Crippen LogP contribution in [0.5, 0.6) is 0 Å². The third kappa shape index (κ3) is 13.5. The Hall–Kier alpha value is -0.970. The first-order valence-electron chi connectivity index (χ1n) is 14.8. The van der Waals surface area contributed by atoms with Gasteiger partial charge in [0.2, 0.25) is 0 Å². The molecule has 232 valence electrons. The van der Waals surface area contributed by atoms with E-state index in [0.717, 1.165) is 25.7 Å². The van der Waals surface area contributed by atoms with Crippen LogP contribution in [0.3, 0.4) is 0 Å². The van der Waals surface area contributed by atoms with Crippen molar-refractivity contribution in [2.45, 2.75) is 162 Å². The van der Waals surface area contributed by atoms with E-state index in [1.54, 1.807) is 0 Å². The number of hydrogen-bond acceptors (Lipinski definition) is 7. The number of hydrogen-bond donors (Lipinski definition) is 8. The molecule has 1 rings (SSSR count). The largest absolute Gasteiger partial charge is 0.392 e. The van der Waals surface area contributed by atoms with Gasteiger partial charge in [-0.3, -0.25) is 0 Å². The zero-order chi connectivity index (χ0) is 30.4. The van der Waals surface area contributed by atoms with Gasteiger partial charge in [-0.1, -0.05) is 68.2 Å². The average molecular weight is 560 g/mol. The van der Waals surface area contributed by atoms with Crippen LogP contribution in [-0.4, -0.2) is 86.3 Å². The topological polar surface area (TPSA) is 154 Å². The van der Waals surface area contributed by atoms with E-state index in [4.69, 9.17) is 0 Å². The maximum atomic E-state index is 13.1. The Bertz CT molecular complexity index is 746. The first kappa shape index (κ1) is 36.1. The van der Waals surface area contributed by atoms with Crippen molar-refractivity contribution in [1.82, 2.24) is 16.0 Å². The lowest BCUT2D eigenvalue weighted by atomic mass is 9.71. The second kappa shape index (κ2) is 14.3. The highest BCUT2D eigenvalue weighted by atomic mass is 16.4. The van der Waals surface area contributed by atoms with Gasteiger partial charge in [0.1, 0.15) is 6.10 Å². The van der Waals surface area contributed by atoms with Crippen molar-refractivity contribution in [3.05, 3.63) is 0 Å². The van der Waals surface area contributed by atoms with E-state index in [-0.39, 0.29) is 23.8 Å². The lowest BCUT2D eigenvalue weighted by Gasteiger charge is -2.39. The smallest absolute Gasteiger partial charge is 0.315 e. The van der Waals surface area contributed by atoms with Crippen LogP contribution in [0, 0.1) is 16.2 Å². The third-order valence-electron chi connectivity index (χ3n) is 7.58. The van der Waals surface area contributed by atoms with Crippen molar-refractivity contribution in [3.8, 4) is 0 Å². The van der Waals surface area contributed by atoms with Crippen LogP contribution in [0.2, 0.25) is 0 Å². The SMILES string of the molecule is CC(C)(C)CC(C)(C)NC(=O)NC(CNC1CCCCC(O)C(O)C1O)C(O)CC(O)C(C)(C)CC(C)(C)C. The lowest BCUT2D eigenvalue weighted by molar-refractivity contribution is -0.0818. The summed E-state index contributed by atoms with van der Waals surface area (Å²) in [5, 5.41) is 62.7. The molecule has 1 saturated carbocycles. The number of nitrogens with one attached hydrogen (secondary N) is 3. The monoisotopic (exact) mass is 559 g/mol. The van der Waals surface area contributed by atoms with Crippen LogP contribution < -0.4 is 16.0 Å². The van der Waals surface area contributed by atoms with E-state index in [0.29, 0.717) is 12.8 Å². The van der Waals surface area contributed by atoms with Gasteiger partial charge in [-0.2, -0.15) is 0 Å². The molecule has 9 nitrogen and oxygen atoms in total. The molecule has 7 unspecified atom stereocenters. The molecular formula is C30H61N3O6. The quantitative estimate of drug-likeness (QED) is 0.193. The Kier molecular flexibility index (Phi) is 13.2. The summed E-state index contributed by atoms with van der Waals surface area (Å²) in [6, 6.07) is -1.71. The Morgan fingerprint density at radius 1 is 0.821 bits per heavy atom. The van der Waals surface area contributed by atoms with Crippen LogP contribution in [0.4, 0.5) is 4.79 Å². The van der Waals surface area contributed by atoms with Crippen molar-refractivity contribution in [2.75, 3.05) is 6.54 Å². The van der Waals surface area contributed by atoms with Gasteiger partial charge in [0.15, 0.2) is 0 Å². The molecule has 0 aliphatic heterocycles. The maximum Gasteiger partial charge on any atom is 0.315 e. The minimum atomic E-state index is -1.28. The fourth-order valence-corrected chi connectivity index (χ4v) is 6.39. The van der Waals surface area contributed by atoms with Gasteiger partial charge < -0.3 is 41.5 Å². The Morgan fingerprint density at radius 2 is 1.36 bits per heavy atom. The summed E-state index contributed by atoms with van der Waals surface area (Å²) in [7, 11) is 0. The molecule has 0 aromatic rings. The fourth-order valence-electron chi connectivity index (χ4n) is 6.39. The molecule has 39 heavy (non-hydrogen) atoms. The Morgan fingerprint density at radius 3 is 1.90 bits per heavy atom. The van der Waals surface area contributed by atoms with E-state index in [2.05, 4.69) is 57.5 Å². The van der Waals surface area contributed by atoms with E-state index < -0.39 is 59.6 Å². The van der Waals surface area contributed by atoms with Gasteiger partial charge in [0, 0.05) is 24.5 Å². The molecule has 7 atom stereocenters. The molecule has 0 aromatic carbocycles. The van der Waals surface area contributed by atoms with E-state index >= 15 is 0 Å². The van der Waals surface area contributed by atoms with Crippen LogP contribution >= 0.6 is 0 Å². The Balaban J connectivity index is 3.05. The van der Waals surface area contributed by atoms with Crippen LogP contribution in [0.15, 0.2) is 0 Å². The van der Waals surface area contributed by atoms with Gasteiger partial charge >= 0.3 is 6.03 Å². The first-order valence-corrected chi connectivity index (χ1v) is 14.8. The molecule has 1 aliphatic carbocycles. The third-order valence-corrected chi connectivity index (χ3v) is 7.58. The molecule has 0 saturated heterocycles. The summed E-state index contributed by atoms with van der Waals surface area (Å²) in [6.07, 6.45) is -1.27. The minimum Gasteiger partial charge on any atom is -0.392 e. The standard InChI is InChI=1S/C30H61N3O6/c1-27(2,3)17-29(7,8)23(36)15-22(35)20(32-26(39)33-30(9,10)18-28(4,5)6)16-31-19-13-11-12-14-21(34)25(38)24(19)37/h19-25,31,34-38H,11-18H2,1-10H3,(H2,32,33,39). The molecule has 1 aliphatic rings. The zero-order valence-electron chi connectivity index (χ0n) is 26.3. The van der Waals surface area contributed by atoms with Gasteiger partial charge in [-0.05, 0) is 55.8 Å². The molecular weight excluding hydrogens is 498 g/mol. The molecule has 0 bridgehead atoms. The predicted molar refractivity (Wildman–Crippen MR) is 156 cm³/mol. The van der Waals surface area contributed by atoms with Gasteiger partial charge in [-0.15, -0.1) is 0 Å². The van der Waals surface area contributed by atoms with Crippen molar-refractivity contribution < 1.29 is 30.3 Å². The fraction of sp³-hybridized carbons (Fsp3) is 0.967. The molecule has 0 aromatic heterocycles. The van der Waals surface area contributed by atoms with Crippen molar-refractivity contribution in [3.63, 3.8) is 0 Å². The molecule has 9 heteroatoms. The van der Waals surface area contributed by atoms with Crippen LogP contribution in [-0.2, 0) is 0 Å². The van der Waals surface area contributed by atoms with Crippen LogP contribution in [0.25, 0.3) is 0 Å². The van der Waals surface area contributed by atoms with E-state index in [1.807, 2.05) is 27.7 Å². The zero-order valence-corrected chi connectivity index (χ0v) is 26.3. The number of aliphatic hydroxyl groups excluding tert-OH is 5. The second-order valence-corrected chi connectivity index (χ2v) is 15.7. The van der Waals surface area contributed by atoms with Gasteiger partial charge in [0.25, 0.3) is 0 Å². The highest BCUT2D eigenvalue weighted by molar-refractivity contribution is 5.75. The lowest BCUT2D eigenvalue weighted by Crippen LogP contribution is -2.59. The highest BCUT2D eigenvalue weighted by Gasteiger charge is 2.37. The van der Waals surface area contributed by atoms with Crippen molar-refractivity contribution >= 4 is 6.03 Å².